The maximum absolute atomic E-state index is 4.32. The van der Waals surface area contributed by atoms with Crippen molar-refractivity contribution in [1.82, 2.24) is 0 Å². The van der Waals surface area contributed by atoms with Gasteiger partial charge in [0.15, 0.2) is 0 Å². The molecule has 0 radical (unpaired) electrons. The van der Waals surface area contributed by atoms with Gasteiger partial charge in [0.25, 0.3) is 0 Å². The fourth-order valence-electron chi connectivity index (χ4n) is 2.19. The Morgan fingerprint density at radius 2 is 2.23 bits per heavy atom. The largest absolute Gasteiger partial charge is 0.380 e. The third-order valence-electron chi connectivity index (χ3n) is 2.93. The van der Waals surface area contributed by atoms with Crippen LogP contribution in [0.2, 0.25) is 0 Å². The topological polar surface area (TPSA) is 24.4 Å². The number of hydrogen-bond donors (Lipinski definition) is 1. The van der Waals surface area contributed by atoms with Gasteiger partial charge in [0, 0.05) is 17.8 Å². The van der Waals surface area contributed by atoms with Crippen molar-refractivity contribution in [2.75, 3.05) is 11.9 Å². The van der Waals surface area contributed by atoms with E-state index in [9.17, 15) is 0 Å². The zero-order valence-corrected chi connectivity index (χ0v) is 7.40. The Bertz CT molecular complexity index is 357. The Morgan fingerprint density at radius 3 is 3.23 bits per heavy atom. The van der Waals surface area contributed by atoms with E-state index in [-0.39, 0.29) is 0 Å². The minimum absolute atomic E-state index is 0.551. The number of fused-ring (bicyclic) bond motifs is 2. The fraction of sp³-hybridized carbons (Fsp3) is 0.364. The molecular formula is C11H12N2. The molecule has 2 aliphatic rings. The van der Waals surface area contributed by atoms with Gasteiger partial charge in [-0.3, -0.25) is 4.99 Å². The summed E-state index contributed by atoms with van der Waals surface area (Å²) in [6.07, 6.45) is 3.25. The summed E-state index contributed by atoms with van der Waals surface area (Å²) in [6.45, 7) is 0.943. The maximum Gasteiger partial charge on any atom is 0.0593 e. The lowest BCUT2D eigenvalue weighted by molar-refractivity contribution is 0.589. The molecule has 1 N–H and O–H groups in total. The van der Waals surface area contributed by atoms with Crippen LogP contribution < -0.4 is 5.32 Å². The molecule has 66 valence electrons. The van der Waals surface area contributed by atoms with Gasteiger partial charge in [0.05, 0.1) is 12.6 Å². The van der Waals surface area contributed by atoms with Crippen LogP contribution in [0, 0.1) is 5.92 Å². The van der Waals surface area contributed by atoms with Crippen molar-refractivity contribution >= 4 is 11.9 Å². The van der Waals surface area contributed by atoms with Crippen LogP contribution in [-0.2, 0) is 6.42 Å². The molecule has 0 aliphatic carbocycles. The number of aliphatic imine (C=N–C) groups is 1. The summed E-state index contributed by atoms with van der Waals surface area (Å²) in [5.74, 6) is 0.620. The van der Waals surface area contributed by atoms with E-state index in [1.54, 1.807) is 0 Å². The summed E-state index contributed by atoms with van der Waals surface area (Å²) in [7, 11) is 0. The molecule has 2 aliphatic heterocycles. The van der Waals surface area contributed by atoms with Gasteiger partial charge in [-0.15, -0.1) is 0 Å². The molecule has 3 rings (SSSR count). The molecule has 2 unspecified atom stereocenters. The summed E-state index contributed by atoms with van der Waals surface area (Å²) in [4.78, 5) is 4.32. The highest BCUT2D eigenvalue weighted by Crippen LogP contribution is 2.29. The molecule has 2 heterocycles. The van der Waals surface area contributed by atoms with Gasteiger partial charge in [-0.1, -0.05) is 18.2 Å². The third-order valence-corrected chi connectivity index (χ3v) is 2.93. The lowest BCUT2D eigenvalue weighted by Crippen LogP contribution is -2.34. The molecule has 0 fully saturated rings. The maximum atomic E-state index is 4.32. The first-order valence-corrected chi connectivity index (χ1v) is 4.78. The average molecular weight is 172 g/mol. The van der Waals surface area contributed by atoms with Gasteiger partial charge < -0.3 is 5.32 Å². The van der Waals surface area contributed by atoms with Crippen LogP contribution in [0.1, 0.15) is 5.56 Å². The zero-order valence-electron chi connectivity index (χ0n) is 7.40. The number of benzene rings is 1. The molecule has 1 aromatic carbocycles. The van der Waals surface area contributed by atoms with E-state index < -0.39 is 0 Å². The van der Waals surface area contributed by atoms with E-state index in [1.165, 1.54) is 11.3 Å². The van der Waals surface area contributed by atoms with Crippen molar-refractivity contribution in [1.29, 1.82) is 0 Å². The van der Waals surface area contributed by atoms with Crippen molar-refractivity contribution < 1.29 is 0 Å². The Kier molecular flexibility index (Phi) is 1.42. The second kappa shape index (κ2) is 2.59. The summed E-state index contributed by atoms with van der Waals surface area (Å²) in [5, 5.41) is 3.53. The monoisotopic (exact) mass is 172 g/mol. The molecule has 0 saturated heterocycles. The molecule has 0 spiro atoms. The number of para-hydroxylation sites is 1. The lowest BCUT2D eigenvalue weighted by atomic mass is 9.90. The van der Waals surface area contributed by atoms with Crippen molar-refractivity contribution in [2.45, 2.75) is 12.5 Å². The number of anilines is 1. The molecule has 0 aromatic heterocycles. The number of nitrogens with one attached hydrogen (secondary N) is 1. The molecule has 13 heavy (non-hydrogen) atoms. The van der Waals surface area contributed by atoms with Crippen molar-refractivity contribution in [3.05, 3.63) is 29.8 Å². The van der Waals surface area contributed by atoms with Crippen molar-refractivity contribution in [3.8, 4) is 0 Å². The Hall–Kier alpha value is -1.31. The highest BCUT2D eigenvalue weighted by molar-refractivity contribution is 5.70. The first kappa shape index (κ1) is 7.13. The van der Waals surface area contributed by atoms with Crippen LogP contribution in [0.25, 0.3) is 0 Å². The lowest BCUT2D eigenvalue weighted by Gasteiger charge is -2.28. The first-order valence-electron chi connectivity index (χ1n) is 4.78. The number of hydrogen-bond acceptors (Lipinski definition) is 2. The van der Waals surface area contributed by atoms with E-state index in [1.807, 2.05) is 0 Å². The van der Waals surface area contributed by atoms with Crippen LogP contribution >= 0.6 is 0 Å². The molecule has 2 heteroatoms. The summed E-state index contributed by atoms with van der Waals surface area (Å²) in [5.41, 5.74) is 2.73. The molecule has 2 nitrogen and oxygen atoms in total. The van der Waals surface area contributed by atoms with E-state index in [2.05, 4.69) is 40.8 Å². The normalized spacial score (nSPS) is 29.2. The molecule has 0 saturated carbocycles. The third kappa shape index (κ3) is 1.05. The predicted molar refractivity (Wildman–Crippen MR) is 54.4 cm³/mol. The highest BCUT2D eigenvalue weighted by atomic mass is 15.0. The second-order valence-corrected chi connectivity index (χ2v) is 3.79. The van der Waals surface area contributed by atoms with E-state index in [4.69, 9.17) is 0 Å². The SMILES string of the molecule is C1=NCC2Nc3ccccc3CC12. The minimum atomic E-state index is 0.551. The molecule has 1 aromatic rings. The standard InChI is InChI=1S/C11H12N2/c1-2-4-10-8(3-1)5-9-6-12-7-11(9)13-10/h1-4,6,9,11,13H,5,7H2. The van der Waals surface area contributed by atoms with Gasteiger partial charge in [-0.25, -0.2) is 0 Å². The van der Waals surface area contributed by atoms with Crippen LogP contribution in [-0.4, -0.2) is 18.8 Å². The number of rotatable bonds is 0. The van der Waals surface area contributed by atoms with Crippen LogP contribution in [0.3, 0.4) is 0 Å². The Labute approximate surface area is 77.7 Å². The van der Waals surface area contributed by atoms with Gasteiger partial charge in [0.2, 0.25) is 0 Å². The molecule has 2 atom stereocenters. The predicted octanol–water partition coefficient (Wildman–Crippen LogP) is 1.72. The van der Waals surface area contributed by atoms with Gasteiger partial charge in [0.1, 0.15) is 0 Å². The number of nitrogens with zero attached hydrogens (tertiary/aromatic N) is 1. The zero-order chi connectivity index (χ0) is 8.67. The quantitative estimate of drug-likeness (QED) is 0.633. The summed E-state index contributed by atoms with van der Waals surface area (Å²) < 4.78 is 0. The Balaban J connectivity index is 2.00. The fourth-order valence-corrected chi connectivity index (χ4v) is 2.19. The smallest absolute Gasteiger partial charge is 0.0593 e. The molecular weight excluding hydrogens is 160 g/mol. The second-order valence-electron chi connectivity index (χ2n) is 3.79. The highest BCUT2D eigenvalue weighted by Gasteiger charge is 2.28. The van der Waals surface area contributed by atoms with Crippen molar-refractivity contribution in [3.63, 3.8) is 0 Å². The molecule has 0 amide bonds. The minimum Gasteiger partial charge on any atom is -0.380 e. The summed E-state index contributed by atoms with van der Waals surface area (Å²) >= 11 is 0. The van der Waals surface area contributed by atoms with E-state index >= 15 is 0 Å². The first-order chi connectivity index (χ1) is 6.43. The van der Waals surface area contributed by atoms with Crippen molar-refractivity contribution in [2.24, 2.45) is 10.9 Å². The van der Waals surface area contributed by atoms with Gasteiger partial charge >= 0.3 is 0 Å². The Morgan fingerprint density at radius 1 is 1.31 bits per heavy atom. The average Bonchev–Trinajstić information content (AvgIpc) is 2.61. The molecule has 0 bridgehead atoms. The van der Waals surface area contributed by atoms with E-state index in [0.717, 1.165) is 13.0 Å². The van der Waals surface area contributed by atoms with Crippen LogP contribution in [0.5, 0.6) is 0 Å². The van der Waals surface area contributed by atoms with Gasteiger partial charge in [-0.2, -0.15) is 0 Å². The van der Waals surface area contributed by atoms with Crippen LogP contribution in [0.4, 0.5) is 5.69 Å². The van der Waals surface area contributed by atoms with Crippen LogP contribution in [0.15, 0.2) is 29.3 Å². The van der Waals surface area contributed by atoms with Gasteiger partial charge in [-0.05, 0) is 18.1 Å². The summed E-state index contributed by atoms with van der Waals surface area (Å²) in [6, 6.07) is 9.10. The van der Waals surface area contributed by atoms with E-state index in [0.29, 0.717) is 12.0 Å².